The third-order valence-electron chi connectivity index (χ3n) is 5.15. The first-order valence-corrected chi connectivity index (χ1v) is 9.90. The van der Waals surface area contributed by atoms with E-state index in [9.17, 15) is 23.1 Å². The summed E-state index contributed by atoms with van der Waals surface area (Å²) >= 11 is 5.87. The van der Waals surface area contributed by atoms with Crippen LogP contribution in [-0.4, -0.2) is 34.1 Å². The molecule has 2 atom stereocenters. The Hall–Kier alpha value is -3.40. The molecule has 2 heterocycles. The summed E-state index contributed by atoms with van der Waals surface area (Å²) in [6.45, 7) is 0. The minimum Gasteiger partial charge on any atom is -0.506 e. The van der Waals surface area contributed by atoms with Gasteiger partial charge in [0.25, 0.3) is 5.91 Å². The van der Waals surface area contributed by atoms with Gasteiger partial charge in [-0.15, -0.1) is 0 Å². The average molecular weight is 467 g/mol. The number of carbonyl (C=O) groups is 1. The predicted octanol–water partition coefficient (Wildman–Crippen LogP) is 5.16. The molecule has 32 heavy (non-hydrogen) atoms. The van der Waals surface area contributed by atoms with Crippen molar-refractivity contribution in [3.8, 4) is 11.5 Å². The van der Waals surface area contributed by atoms with Gasteiger partial charge in [-0.25, -0.2) is 4.68 Å². The monoisotopic (exact) mass is 466 g/mol. The van der Waals surface area contributed by atoms with E-state index in [4.69, 9.17) is 16.3 Å². The molecule has 4 rings (SSSR count). The van der Waals surface area contributed by atoms with Gasteiger partial charge in [0.15, 0.2) is 11.7 Å². The molecule has 0 unspecified atom stereocenters. The molecule has 0 saturated heterocycles. The molecule has 3 aromatic rings. The highest BCUT2D eigenvalue weighted by molar-refractivity contribution is 6.31. The van der Waals surface area contributed by atoms with Crippen LogP contribution in [0.2, 0.25) is 5.02 Å². The third kappa shape index (κ3) is 4.31. The molecule has 7 nitrogen and oxygen atoms in total. The van der Waals surface area contributed by atoms with Crippen molar-refractivity contribution in [1.82, 2.24) is 9.78 Å². The number of aromatic hydroxyl groups is 1. The van der Waals surface area contributed by atoms with Crippen LogP contribution in [0.25, 0.3) is 0 Å². The van der Waals surface area contributed by atoms with Gasteiger partial charge in [0.2, 0.25) is 0 Å². The number of aromatic nitrogens is 2. The molecule has 0 radical (unpaired) electrons. The number of nitrogens with zero attached hydrogens (tertiary/aromatic N) is 2. The maximum atomic E-state index is 13.8. The molecule has 3 N–H and O–H groups in total. The summed E-state index contributed by atoms with van der Waals surface area (Å²) < 4.78 is 47.3. The number of hydrogen-bond acceptors (Lipinski definition) is 5. The van der Waals surface area contributed by atoms with E-state index < -0.39 is 24.2 Å². The molecule has 0 bridgehead atoms. The van der Waals surface area contributed by atoms with Crippen LogP contribution in [0.1, 0.15) is 34.6 Å². The Kier molecular flexibility index (Phi) is 5.64. The molecule has 168 valence electrons. The van der Waals surface area contributed by atoms with Gasteiger partial charge in [0, 0.05) is 17.5 Å². The highest BCUT2D eigenvalue weighted by atomic mass is 35.5. The summed E-state index contributed by atoms with van der Waals surface area (Å²) in [5.74, 6) is -0.379. The number of anilines is 2. The Morgan fingerprint density at radius 1 is 1.25 bits per heavy atom. The Balaban J connectivity index is 1.64. The minimum atomic E-state index is -4.58. The van der Waals surface area contributed by atoms with Crippen LogP contribution in [0.15, 0.2) is 48.5 Å². The molecule has 1 aromatic heterocycles. The largest absolute Gasteiger partial charge is 0.506 e. The number of rotatable bonds is 4. The molecule has 11 heteroatoms. The summed E-state index contributed by atoms with van der Waals surface area (Å²) in [5.41, 5.74) is 0.420. The van der Waals surface area contributed by atoms with Crippen molar-refractivity contribution in [3.05, 3.63) is 64.8 Å². The van der Waals surface area contributed by atoms with Crippen LogP contribution in [0, 0.1) is 0 Å². The third-order valence-corrected chi connectivity index (χ3v) is 5.38. The Morgan fingerprint density at radius 3 is 2.62 bits per heavy atom. The fraction of sp³-hybridized carbons (Fsp3) is 0.238. The van der Waals surface area contributed by atoms with Gasteiger partial charge in [-0.2, -0.15) is 18.3 Å². The summed E-state index contributed by atoms with van der Waals surface area (Å²) in [6, 6.07) is 9.42. The van der Waals surface area contributed by atoms with Gasteiger partial charge in [-0.3, -0.25) is 4.79 Å². The number of fused-ring (bicyclic) bond motifs is 1. The summed E-state index contributed by atoms with van der Waals surface area (Å²) in [7, 11) is 1.50. The number of benzene rings is 2. The van der Waals surface area contributed by atoms with Crippen molar-refractivity contribution in [2.75, 3.05) is 17.7 Å². The van der Waals surface area contributed by atoms with E-state index in [0.717, 1.165) is 4.68 Å². The minimum absolute atomic E-state index is 0.0184. The van der Waals surface area contributed by atoms with E-state index in [-0.39, 0.29) is 34.4 Å². The molecule has 0 spiro atoms. The maximum Gasteiger partial charge on any atom is 0.410 e. The molecule has 1 aliphatic heterocycles. The van der Waals surface area contributed by atoms with Crippen molar-refractivity contribution in [2.45, 2.75) is 24.7 Å². The molecule has 0 aliphatic carbocycles. The molecule has 1 aliphatic rings. The fourth-order valence-electron chi connectivity index (χ4n) is 3.53. The number of carbonyl (C=O) groups excluding carboxylic acids is 1. The van der Waals surface area contributed by atoms with Crippen molar-refractivity contribution in [2.24, 2.45) is 0 Å². The van der Waals surface area contributed by atoms with Crippen LogP contribution >= 0.6 is 11.6 Å². The van der Waals surface area contributed by atoms with E-state index in [2.05, 4.69) is 15.7 Å². The van der Waals surface area contributed by atoms with Crippen LogP contribution in [0.5, 0.6) is 11.5 Å². The number of ether oxygens (including phenoxy) is 1. The quantitative estimate of drug-likeness (QED) is 0.462. The second-order valence-electron chi connectivity index (χ2n) is 7.24. The lowest BCUT2D eigenvalue weighted by molar-refractivity contribution is -0.173. The lowest BCUT2D eigenvalue weighted by Gasteiger charge is -2.33. The number of methoxy groups -OCH3 is 1. The van der Waals surface area contributed by atoms with Crippen molar-refractivity contribution >= 4 is 29.0 Å². The van der Waals surface area contributed by atoms with Gasteiger partial charge < -0.3 is 20.5 Å². The van der Waals surface area contributed by atoms with Crippen LogP contribution in [0.4, 0.5) is 24.7 Å². The summed E-state index contributed by atoms with van der Waals surface area (Å²) in [4.78, 5) is 12.6. The topological polar surface area (TPSA) is 88.4 Å². The van der Waals surface area contributed by atoms with Crippen LogP contribution in [0.3, 0.4) is 0 Å². The van der Waals surface area contributed by atoms with Gasteiger partial charge >= 0.3 is 6.18 Å². The number of nitrogens with one attached hydrogen (secondary N) is 2. The number of alkyl halides is 3. The Morgan fingerprint density at radius 2 is 1.97 bits per heavy atom. The number of amides is 1. The van der Waals surface area contributed by atoms with Gasteiger partial charge in [0.05, 0.1) is 18.8 Å². The summed E-state index contributed by atoms with van der Waals surface area (Å²) in [5, 5.41) is 19.5. The van der Waals surface area contributed by atoms with E-state index in [1.54, 1.807) is 24.3 Å². The number of phenols is 1. The summed E-state index contributed by atoms with van der Waals surface area (Å²) in [6.07, 6.45) is -4.88. The second-order valence-corrected chi connectivity index (χ2v) is 7.67. The van der Waals surface area contributed by atoms with Crippen LogP contribution in [-0.2, 0) is 0 Å². The Bertz CT molecular complexity index is 1150. The number of hydrogen-bond donors (Lipinski definition) is 3. The van der Waals surface area contributed by atoms with Crippen molar-refractivity contribution in [1.29, 1.82) is 0 Å². The zero-order chi connectivity index (χ0) is 23.0. The van der Waals surface area contributed by atoms with E-state index in [1.807, 2.05) is 0 Å². The van der Waals surface area contributed by atoms with Crippen molar-refractivity contribution < 1.29 is 27.8 Å². The zero-order valence-corrected chi connectivity index (χ0v) is 17.4. The number of halogens is 4. The maximum absolute atomic E-state index is 13.8. The first-order valence-electron chi connectivity index (χ1n) is 9.52. The second kappa shape index (κ2) is 8.27. The molecule has 0 fully saturated rings. The SMILES string of the molecule is COc1ccc([C@@H]2C[C@H](C(F)(F)F)n3nc(C(=O)Nc4cc(Cl)ccc4O)cc3N2)cc1. The molecular weight excluding hydrogens is 449 g/mol. The van der Waals surface area contributed by atoms with E-state index >= 15 is 0 Å². The van der Waals surface area contributed by atoms with Crippen LogP contribution < -0.4 is 15.4 Å². The molecule has 2 aromatic carbocycles. The first kappa shape index (κ1) is 21.8. The van der Waals surface area contributed by atoms with Gasteiger partial charge in [0.1, 0.15) is 17.3 Å². The van der Waals surface area contributed by atoms with Gasteiger partial charge in [-0.05, 0) is 35.9 Å². The Labute approximate surface area is 185 Å². The highest BCUT2D eigenvalue weighted by Gasteiger charge is 2.46. The standard InChI is InChI=1S/C21H18ClF3N4O3/c1-32-13-5-2-11(3-6-13)14-9-18(21(23,24)25)29-19(26-14)10-16(28-29)20(31)27-15-8-12(22)4-7-17(15)30/h2-8,10,14,18,26,30H,9H2,1H3,(H,27,31)/t14-,18+/m0/s1. The smallest absolute Gasteiger partial charge is 0.410 e. The normalized spacial score (nSPS) is 17.9. The molecule has 0 saturated carbocycles. The van der Waals surface area contributed by atoms with E-state index in [1.165, 1.54) is 31.4 Å². The average Bonchev–Trinajstić information content (AvgIpc) is 3.19. The molecule has 1 amide bonds. The van der Waals surface area contributed by atoms with Crippen molar-refractivity contribution in [3.63, 3.8) is 0 Å². The predicted molar refractivity (Wildman–Crippen MR) is 112 cm³/mol. The molecular formula is C21H18ClF3N4O3. The van der Waals surface area contributed by atoms with Gasteiger partial charge in [-0.1, -0.05) is 23.7 Å². The van der Waals surface area contributed by atoms with E-state index in [0.29, 0.717) is 11.3 Å². The zero-order valence-electron chi connectivity index (χ0n) is 16.7. The number of phenolic OH excluding ortho intramolecular Hbond substituents is 1. The fourth-order valence-corrected chi connectivity index (χ4v) is 3.71. The lowest BCUT2D eigenvalue weighted by Crippen LogP contribution is -2.35. The first-order chi connectivity index (χ1) is 15.2. The highest BCUT2D eigenvalue weighted by Crippen LogP contribution is 2.44. The lowest BCUT2D eigenvalue weighted by atomic mass is 9.97.